The number of ether oxygens (including phenoxy) is 2. The number of nitrogens with one attached hydrogen (secondary N) is 2. The van der Waals surface area contributed by atoms with Crippen LogP contribution in [0.4, 0.5) is 11.4 Å². The van der Waals surface area contributed by atoms with E-state index in [0.717, 1.165) is 62.0 Å². The zero-order valence-electron chi connectivity index (χ0n) is 15.8. The fourth-order valence-electron chi connectivity index (χ4n) is 2.99. The maximum Gasteiger partial charge on any atom is 0.142 e. The van der Waals surface area contributed by atoms with Gasteiger partial charge in [-0.05, 0) is 48.9 Å². The van der Waals surface area contributed by atoms with E-state index < -0.39 is 0 Å². The van der Waals surface area contributed by atoms with Crippen LogP contribution in [0.1, 0.15) is 26.7 Å². The van der Waals surface area contributed by atoms with Crippen molar-refractivity contribution in [1.82, 2.24) is 0 Å². The minimum Gasteiger partial charge on any atom is -0.491 e. The SMILES string of the molecule is C[C@@H]1CCOc2ccccc2NC[C@@H](C)CCOc2ccccc2NC1. The second-order valence-electron chi connectivity index (χ2n) is 7.24. The summed E-state index contributed by atoms with van der Waals surface area (Å²) in [6.07, 6.45) is 2.00. The topological polar surface area (TPSA) is 42.5 Å². The standard InChI is InChI=1S/C22H30N2O2/c1-17-11-13-25-22-10-6-4-8-20(22)24-16-18(2)12-14-26-21-9-5-3-7-19(21)23-15-17/h3-10,17-18,23-24H,11-16H2,1-2H3/t17-,18+. The maximum absolute atomic E-state index is 6.05. The van der Waals surface area contributed by atoms with Crippen LogP contribution in [0.15, 0.2) is 48.5 Å². The average molecular weight is 354 g/mol. The molecule has 0 saturated carbocycles. The van der Waals surface area contributed by atoms with Gasteiger partial charge in [0.2, 0.25) is 0 Å². The fraction of sp³-hybridized carbons (Fsp3) is 0.455. The first-order valence-electron chi connectivity index (χ1n) is 9.64. The van der Waals surface area contributed by atoms with E-state index in [1.165, 1.54) is 0 Å². The molecule has 1 aliphatic heterocycles. The van der Waals surface area contributed by atoms with Crippen LogP contribution in [-0.4, -0.2) is 26.3 Å². The highest BCUT2D eigenvalue weighted by Crippen LogP contribution is 2.27. The maximum atomic E-state index is 6.05. The van der Waals surface area contributed by atoms with Crippen molar-refractivity contribution in [3.8, 4) is 11.5 Å². The molecule has 0 aliphatic carbocycles. The predicted molar refractivity (Wildman–Crippen MR) is 108 cm³/mol. The molecule has 4 heteroatoms. The largest absolute Gasteiger partial charge is 0.491 e. The van der Waals surface area contributed by atoms with Crippen LogP contribution < -0.4 is 20.1 Å². The van der Waals surface area contributed by atoms with E-state index in [1.54, 1.807) is 0 Å². The minimum atomic E-state index is 0.510. The Morgan fingerprint density at radius 3 is 1.58 bits per heavy atom. The van der Waals surface area contributed by atoms with Crippen molar-refractivity contribution in [1.29, 1.82) is 0 Å². The van der Waals surface area contributed by atoms with Crippen molar-refractivity contribution >= 4 is 11.4 Å². The summed E-state index contributed by atoms with van der Waals surface area (Å²) in [5, 5.41) is 7.06. The van der Waals surface area contributed by atoms with Crippen LogP contribution in [0.25, 0.3) is 0 Å². The second-order valence-corrected chi connectivity index (χ2v) is 7.24. The van der Waals surface area contributed by atoms with Crippen LogP contribution in [-0.2, 0) is 0 Å². The summed E-state index contributed by atoms with van der Waals surface area (Å²) in [4.78, 5) is 0. The van der Waals surface area contributed by atoms with Crippen LogP contribution in [0.5, 0.6) is 11.5 Å². The molecule has 1 heterocycles. The molecule has 0 spiro atoms. The summed E-state index contributed by atoms with van der Waals surface area (Å²) in [7, 11) is 0. The Morgan fingerprint density at radius 1 is 0.692 bits per heavy atom. The molecule has 140 valence electrons. The van der Waals surface area contributed by atoms with E-state index in [0.29, 0.717) is 11.8 Å². The molecule has 1 aliphatic rings. The molecular formula is C22H30N2O2. The Labute approximate surface area is 156 Å². The highest BCUT2D eigenvalue weighted by molar-refractivity contribution is 5.57. The number of anilines is 2. The van der Waals surface area contributed by atoms with Gasteiger partial charge in [-0.15, -0.1) is 0 Å². The van der Waals surface area contributed by atoms with Gasteiger partial charge in [-0.2, -0.15) is 0 Å². The molecule has 0 radical (unpaired) electrons. The molecule has 0 aromatic heterocycles. The van der Waals surface area contributed by atoms with Crippen molar-refractivity contribution in [2.24, 2.45) is 11.8 Å². The Bertz CT molecular complexity index is 630. The molecular weight excluding hydrogens is 324 g/mol. The van der Waals surface area contributed by atoms with E-state index in [2.05, 4.69) is 36.6 Å². The van der Waals surface area contributed by atoms with E-state index >= 15 is 0 Å². The monoisotopic (exact) mass is 354 g/mol. The summed E-state index contributed by atoms with van der Waals surface area (Å²) < 4.78 is 12.1. The van der Waals surface area contributed by atoms with Gasteiger partial charge >= 0.3 is 0 Å². The van der Waals surface area contributed by atoms with Crippen LogP contribution in [0, 0.1) is 11.8 Å². The van der Waals surface area contributed by atoms with E-state index in [4.69, 9.17) is 9.47 Å². The van der Waals surface area contributed by atoms with E-state index in [-0.39, 0.29) is 0 Å². The van der Waals surface area contributed by atoms with Crippen molar-refractivity contribution in [2.45, 2.75) is 26.7 Å². The van der Waals surface area contributed by atoms with Gasteiger partial charge in [-0.25, -0.2) is 0 Å². The summed E-state index contributed by atoms with van der Waals surface area (Å²) >= 11 is 0. The fourth-order valence-corrected chi connectivity index (χ4v) is 2.99. The molecule has 0 saturated heterocycles. The molecule has 26 heavy (non-hydrogen) atoms. The number of para-hydroxylation sites is 4. The van der Waals surface area contributed by atoms with Crippen LogP contribution in [0.2, 0.25) is 0 Å². The zero-order valence-corrected chi connectivity index (χ0v) is 15.8. The van der Waals surface area contributed by atoms with Gasteiger partial charge in [0.1, 0.15) is 11.5 Å². The molecule has 4 nitrogen and oxygen atoms in total. The molecule has 2 N–H and O–H groups in total. The van der Waals surface area contributed by atoms with Gasteiger partial charge in [-0.3, -0.25) is 0 Å². The van der Waals surface area contributed by atoms with Crippen molar-refractivity contribution in [3.63, 3.8) is 0 Å². The molecule has 0 unspecified atom stereocenters. The number of hydrogen-bond donors (Lipinski definition) is 2. The van der Waals surface area contributed by atoms with Gasteiger partial charge in [-0.1, -0.05) is 38.1 Å². The lowest BCUT2D eigenvalue weighted by Gasteiger charge is -2.20. The third-order valence-electron chi connectivity index (χ3n) is 4.79. The van der Waals surface area contributed by atoms with E-state index in [9.17, 15) is 0 Å². The molecule has 0 bridgehead atoms. The molecule has 2 atom stereocenters. The Morgan fingerprint density at radius 2 is 1.12 bits per heavy atom. The van der Waals surface area contributed by atoms with Gasteiger partial charge in [0.25, 0.3) is 0 Å². The molecule has 0 fully saturated rings. The molecule has 0 amide bonds. The lowest BCUT2D eigenvalue weighted by atomic mass is 10.1. The summed E-state index contributed by atoms with van der Waals surface area (Å²) in [6.45, 7) is 7.73. The Kier molecular flexibility index (Phi) is 6.64. The molecule has 2 aromatic carbocycles. The highest BCUT2D eigenvalue weighted by atomic mass is 16.5. The van der Waals surface area contributed by atoms with Crippen LogP contribution in [0.3, 0.4) is 0 Å². The Hall–Kier alpha value is -2.36. The lowest BCUT2D eigenvalue weighted by Crippen LogP contribution is -2.18. The number of rotatable bonds is 0. The third-order valence-corrected chi connectivity index (χ3v) is 4.79. The second kappa shape index (κ2) is 9.37. The van der Waals surface area contributed by atoms with Crippen molar-refractivity contribution < 1.29 is 9.47 Å². The molecule has 3 rings (SSSR count). The zero-order chi connectivity index (χ0) is 18.2. The number of benzene rings is 2. The van der Waals surface area contributed by atoms with E-state index in [1.807, 2.05) is 36.4 Å². The molecule has 2 aromatic rings. The average Bonchev–Trinajstić information content (AvgIpc) is 2.66. The van der Waals surface area contributed by atoms with Gasteiger partial charge in [0, 0.05) is 13.1 Å². The normalized spacial score (nSPS) is 21.8. The van der Waals surface area contributed by atoms with Crippen molar-refractivity contribution in [3.05, 3.63) is 48.5 Å². The first-order chi connectivity index (χ1) is 12.7. The van der Waals surface area contributed by atoms with Gasteiger partial charge in [0.05, 0.1) is 24.6 Å². The van der Waals surface area contributed by atoms with Crippen LogP contribution >= 0.6 is 0 Å². The summed E-state index contributed by atoms with van der Waals surface area (Å²) in [6, 6.07) is 16.4. The van der Waals surface area contributed by atoms with Crippen molar-refractivity contribution in [2.75, 3.05) is 36.9 Å². The number of hydrogen-bond acceptors (Lipinski definition) is 4. The lowest BCUT2D eigenvalue weighted by molar-refractivity contribution is 0.283. The smallest absolute Gasteiger partial charge is 0.142 e. The Balaban J connectivity index is 1.70. The third kappa shape index (κ3) is 5.32. The van der Waals surface area contributed by atoms with Gasteiger partial charge < -0.3 is 20.1 Å². The predicted octanol–water partition coefficient (Wildman–Crippen LogP) is 5.03. The highest BCUT2D eigenvalue weighted by Gasteiger charge is 2.10. The number of fused-ring (bicyclic) bond motifs is 2. The first-order valence-corrected chi connectivity index (χ1v) is 9.64. The van der Waals surface area contributed by atoms with Gasteiger partial charge in [0.15, 0.2) is 0 Å². The quantitative estimate of drug-likeness (QED) is 0.696. The summed E-state index contributed by atoms with van der Waals surface area (Å²) in [5.41, 5.74) is 2.15. The summed E-state index contributed by atoms with van der Waals surface area (Å²) in [5.74, 6) is 2.90. The minimum absolute atomic E-state index is 0.510. The first kappa shape index (κ1) is 18.4.